The predicted molar refractivity (Wildman–Crippen MR) is 88.0 cm³/mol. The highest BCUT2D eigenvalue weighted by Gasteiger charge is 2.26. The molecule has 0 saturated heterocycles. The van der Waals surface area contributed by atoms with Crippen molar-refractivity contribution in [2.75, 3.05) is 7.05 Å². The molecule has 0 heterocycles. The predicted octanol–water partition coefficient (Wildman–Crippen LogP) is 4.81. The Kier molecular flexibility index (Phi) is 6.59. The first kappa shape index (κ1) is 15.6. The van der Waals surface area contributed by atoms with Gasteiger partial charge in [-0.15, -0.1) is 0 Å². The number of hydrogen-bond acceptors (Lipinski definition) is 1. The molecule has 0 aromatic heterocycles. The smallest absolute Gasteiger partial charge is 0.00925 e. The number of nitrogens with one attached hydrogen (secondary N) is 1. The number of hydrogen-bond donors (Lipinski definition) is 1. The second-order valence-electron chi connectivity index (χ2n) is 6.47. The molecule has 1 heteroatoms. The zero-order valence-electron chi connectivity index (χ0n) is 13.3. The normalized spacial score (nSPS) is 24.5. The second kappa shape index (κ2) is 8.46. The lowest BCUT2D eigenvalue weighted by molar-refractivity contribution is 0.206. The molecule has 0 spiro atoms. The van der Waals surface area contributed by atoms with Gasteiger partial charge in [0.05, 0.1) is 0 Å². The van der Waals surface area contributed by atoms with Crippen molar-refractivity contribution >= 4 is 0 Å². The van der Waals surface area contributed by atoms with E-state index < -0.39 is 0 Å². The highest BCUT2D eigenvalue weighted by Crippen LogP contribution is 2.34. The zero-order chi connectivity index (χ0) is 14.2. The van der Waals surface area contributed by atoms with Gasteiger partial charge in [0.25, 0.3) is 0 Å². The van der Waals surface area contributed by atoms with Crippen LogP contribution < -0.4 is 5.32 Å². The molecule has 1 aromatic rings. The topological polar surface area (TPSA) is 12.0 Å². The summed E-state index contributed by atoms with van der Waals surface area (Å²) in [5, 5.41) is 3.60. The lowest BCUT2D eigenvalue weighted by atomic mass is 9.75. The lowest BCUT2D eigenvalue weighted by Gasteiger charge is -2.34. The highest BCUT2D eigenvalue weighted by atomic mass is 14.9. The van der Waals surface area contributed by atoms with Crippen LogP contribution in [-0.4, -0.2) is 13.1 Å². The summed E-state index contributed by atoms with van der Waals surface area (Å²) in [5.41, 5.74) is 1.48. The van der Waals surface area contributed by atoms with Crippen molar-refractivity contribution in [3.63, 3.8) is 0 Å². The Hall–Kier alpha value is -0.820. The summed E-state index contributed by atoms with van der Waals surface area (Å²) in [6, 6.07) is 11.6. The van der Waals surface area contributed by atoms with Crippen molar-refractivity contribution in [2.45, 2.75) is 64.3 Å². The Labute approximate surface area is 125 Å². The molecule has 1 aliphatic rings. The van der Waals surface area contributed by atoms with Gasteiger partial charge in [0.15, 0.2) is 0 Å². The molecule has 20 heavy (non-hydrogen) atoms. The maximum Gasteiger partial charge on any atom is 0.00925 e. The molecule has 0 bridgehead atoms. The maximum absolute atomic E-state index is 3.60. The van der Waals surface area contributed by atoms with Crippen LogP contribution in [0.15, 0.2) is 30.3 Å². The van der Waals surface area contributed by atoms with Crippen LogP contribution in [-0.2, 0) is 6.42 Å². The zero-order valence-corrected chi connectivity index (χ0v) is 13.3. The van der Waals surface area contributed by atoms with E-state index in [1.165, 1.54) is 56.9 Å². The molecule has 112 valence electrons. The van der Waals surface area contributed by atoms with Crippen molar-refractivity contribution in [3.8, 4) is 0 Å². The molecule has 0 amide bonds. The molecule has 3 unspecified atom stereocenters. The van der Waals surface area contributed by atoms with Crippen molar-refractivity contribution in [2.24, 2.45) is 11.8 Å². The van der Waals surface area contributed by atoms with Crippen molar-refractivity contribution in [1.29, 1.82) is 0 Å². The first-order chi connectivity index (χ1) is 9.83. The SMILES string of the molecule is CCC1CCCC(C(CCCc2ccccc2)NC)C1. The average molecular weight is 273 g/mol. The minimum absolute atomic E-state index is 0.730. The minimum atomic E-state index is 0.730. The average Bonchev–Trinajstić information content (AvgIpc) is 2.52. The molecule has 3 atom stereocenters. The molecule has 1 aromatic carbocycles. The lowest BCUT2D eigenvalue weighted by Crippen LogP contribution is -2.36. The monoisotopic (exact) mass is 273 g/mol. The molecule has 0 radical (unpaired) electrons. The van der Waals surface area contributed by atoms with E-state index in [0.717, 1.165) is 17.9 Å². The minimum Gasteiger partial charge on any atom is -0.317 e. The molecule has 1 fully saturated rings. The number of rotatable bonds is 7. The van der Waals surface area contributed by atoms with Crippen LogP contribution in [0, 0.1) is 11.8 Å². The summed E-state index contributed by atoms with van der Waals surface area (Å²) in [6.45, 7) is 2.36. The van der Waals surface area contributed by atoms with Crippen molar-refractivity contribution in [1.82, 2.24) is 5.32 Å². The molecule has 1 nitrogen and oxygen atoms in total. The van der Waals surface area contributed by atoms with Crippen LogP contribution in [0.25, 0.3) is 0 Å². The van der Waals surface area contributed by atoms with Gasteiger partial charge in [-0.05, 0) is 56.6 Å². The third-order valence-electron chi connectivity index (χ3n) is 5.16. The van der Waals surface area contributed by atoms with Gasteiger partial charge < -0.3 is 5.32 Å². The van der Waals surface area contributed by atoms with Crippen LogP contribution in [0.5, 0.6) is 0 Å². The van der Waals surface area contributed by atoms with Crippen molar-refractivity contribution in [3.05, 3.63) is 35.9 Å². The summed E-state index contributed by atoms with van der Waals surface area (Å²) in [4.78, 5) is 0. The van der Waals surface area contributed by atoms with E-state index in [1.807, 2.05) is 0 Å². The van der Waals surface area contributed by atoms with E-state index in [4.69, 9.17) is 0 Å². The van der Waals surface area contributed by atoms with E-state index in [-0.39, 0.29) is 0 Å². The highest BCUT2D eigenvalue weighted by molar-refractivity contribution is 5.14. The quantitative estimate of drug-likeness (QED) is 0.751. The Balaban J connectivity index is 1.77. The fourth-order valence-electron chi connectivity index (χ4n) is 3.86. The van der Waals surface area contributed by atoms with Crippen LogP contribution in [0.1, 0.15) is 57.4 Å². The largest absolute Gasteiger partial charge is 0.317 e. The third-order valence-corrected chi connectivity index (χ3v) is 5.16. The standard InChI is InChI=1S/C19H31N/c1-3-16-11-7-13-18(15-16)19(20-2)14-8-12-17-9-5-4-6-10-17/h4-6,9-10,16,18-20H,3,7-8,11-15H2,1-2H3. The van der Waals surface area contributed by atoms with Gasteiger partial charge in [0.1, 0.15) is 0 Å². The molecule has 1 saturated carbocycles. The van der Waals surface area contributed by atoms with Gasteiger partial charge in [0.2, 0.25) is 0 Å². The van der Waals surface area contributed by atoms with Crippen LogP contribution >= 0.6 is 0 Å². The summed E-state index contributed by atoms with van der Waals surface area (Å²) in [7, 11) is 2.16. The fourth-order valence-corrected chi connectivity index (χ4v) is 3.86. The van der Waals surface area contributed by atoms with Crippen LogP contribution in [0.2, 0.25) is 0 Å². The molecular formula is C19H31N. The molecule has 0 aliphatic heterocycles. The maximum atomic E-state index is 3.60. The van der Waals surface area contributed by atoms with E-state index in [0.29, 0.717) is 0 Å². The molecule has 2 rings (SSSR count). The summed E-state index contributed by atoms with van der Waals surface area (Å²) < 4.78 is 0. The van der Waals surface area contributed by atoms with Gasteiger partial charge in [-0.3, -0.25) is 0 Å². The Morgan fingerprint density at radius 3 is 2.70 bits per heavy atom. The second-order valence-corrected chi connectivity index (χ2v) is 6.47. The summed E-state index contributed by atoms with van der Waals surface area (Å²) in [6.07, 6.45) is 11.0. The summed E-state index contributed by atoms with van der Waals surface area (Å²) >= 11 is 0. The van der Waals surface area contributed by atoms with Crippen LogP contribution in [0.4, 0.5) is 0 Å². The van der Waals surface area contributed by atoms with Crippen molar-refractivity contribution < 1.29 is 0 Å². The summed E-state index contributed by atoms with van der Waals surface area (Å²) in [5.74, 6) is 1.90. The number of benzene rings is 1. The Morgan fingerprint density at radius 2 is 2.00 bits per heavy atom. The van der Waals surface area contributed by atoms with Gasteiger partial charge in [-0.25, -0.2) is 0 Å². The van der Waals surface area contributed by atoms with E-state index >= 15 is 0 Å². The molecule has 1 N–H and O–H groups in total. The van der Waals surface area contributed by atoms with E-state index in [1.54, 1.807) is 0 Å². The first-order valence-corrected chi connectivity index (χ1v) is 8.54. The molecular weight excluding hydrogens is 242 g/mol. The fraction of sp³-hybridized carbons (Fsp3) is 0.684. The van der Waals surface area contributed by atoms with Gasteiger partial charge in [-0.2, -0.15) is 0 Å². The van der Waals surface area contributed by atoms with Gasteiger partial charge in [-0.1, -0.05) is 56.5 Å². The third kappa shape index (κ3) is 4.63. The Bertz CT molecular complexity index is 359. The molecule has 1 aliphatic carbocycles. The number of aryl methyl sites for hydroxylation is 1. The first-order valence-electron chi connectivity index (χ1n) is 8.54. The van der Waals surface area contributed by atoms with Gasteiger partial charge >= 0.3 is 0 Å². The van der Waals surface area contributed by atoms with Crippen LogP contribution in [0.3, 0.4) is 0 Å². The van der Waals surface area contributed by atoms with E-state index in [9.17, 15) is 0 Å². The van der Waals surface area contributed by atoms with E-state index in [2.05, 4.69) is 49.6 Å². The van der Waals surface area contributed by atoms with Gasteiger partial charge in [0, 0.05) is 6.04 Å². The Morgan fingerprint density at radius 1 is 1.20 bits per heavy atom.